The zero-order chi connectivity index (χ0) is 10.6. The summed E-state index contributed by atoms with van der Waals surface area (Å²) in [5.74, 6) is 0. The van der Waals surface area contributed by atoms with Crippen LogP contribution in [0.25, 0.3) is 0 Å². The molecule has 0 amide bonds. The van der Waals surface area contributed by atoms with Gasteiger partial charge in [0.25, 0.3) is 0 Å². The van der Waals surface area contributed by atoms with E-state index in [1.165, 1.54) is 6.42 Å². The molecule has 0 bridgehead atoms. The summed E-state index contributed by atoms with van der Waals surface area (Å²) in [4.78, 5) is 0. The maximum Gasteiger partial charge on any atom is 0.0703 e. The Kier molecular flexibility index (Phi) is 10.9. The quantitative estimate of drug-likeness (QED) is 0.549. The second-order valence-electron chi connectivity index (χ2n) is 3.59. The first-order valence-corrected chi connectivity index (χ1v) is 5.67. The summed E-state index contributed by atoms with van der Waals surface area (Å²) >= 11 is 0. The molecular formula is C11H25NO2. The van der Waals surface area contributed by atoms with Crippen molar-refractivity contribution in [3.8, 4) is 0 Å². The second-order valence-corrected chi connectivity index (χ2v) is 3.59. The van der Waals surface area contributed by atoms with Crippen molar-refractivity contribution in [2.24, 2.45) is 0 Å². The Morgan fingerprint density at radius 2 is 1.86 bits per heavy atom. The van der Waals surface area contributed by atoms with Crippen LogP contribution in [0.2, 0.25) is 0 Å². The highest BCUT2D eigenvalue weighted by Gasteiger charge is 1.93. The molecule has 0 aliphatic rings. The van der Waals surface area contributed by atoms with Crippen molar-refractivity contribution in [3.63, 3.8) is 0 Å². The van der Waals surface area contributed by atoms with Crippen molar-refractivity contribution in [1.82, 2.24) is 5.32 Å². The molecule has 0 spiro atoms. The first kappa shape index (κ1) is 13.9. The maximum atomic E-state index is 5.41. The number of hydrogen-bond donors (Lipinski definition) is 1. The van der Waals surface area contributed by atoms with E-state index in [1.54, 1.807) is 0 Å². The Morgan fingerprint density at radius 1 is 1.07 bits per heavy atom. The van der Waals surface area contributed by atoms with Gasteiger partial charge in [0, 0.05) is 6.61 Å². The number of unbranched alkanes of at least 4 members (excludes halogenated alkanes) is 1. The van der Waals surface area contributed by atoms with E-state index in [9.17, 15) is 0 Å². The molecule has 1 N–H and O–H groups in total. The number of nitrogens with one attached hydrogen (secondary N) is 1. The molecule has 0 rings (SSSR count). The van der Waals surface area contributed by atoms with Crippen LogP contribution in [-0.2, 0) is 9.47 Å². The van der Waals surface area contributed by atoms with Crippen LogP contribution in [-0.4, -0.2) is 39.0 Å². The summed E-state index contributed by atoms with van der Waals surface area (Å²) in [6.07, 6.45) is 2.64. The van der Waals surface area contributed by atoms with E-state index >= 15 is 0 Å². The molecule has 0 saturated carbocycles. The molecule has 0 radical (unpaired) electrons. The number of ether oxygens (including phenoxy) is 2. The largest absolute Gasteiger partial charge is 0.379 e. The van der Waals surface area contributed by atoms with Gasteiger partial charge in [0.05, 0.1) is 19.3 Å². The highest BCUT2D eigenvalue weighted by Crippen LogP contribution is 1.90. The zero-order valence-corrected chi connectivity index (χ0v) is 9.84. The lowest BCUT2D eigenvalue weighted by Gasteiger charge is -2.08. The third kappa shape index (κ3) is 11.9. The minimum Gasteiger partial charge on any atom is -0.379 e. The minimum absolute atomic E-state index is 0.312. The topological polar surface area (TPSA) is 30.5 Å². The summed E-state index contributed by atoms with van der Waals surface area (Å²) in [6.45, 7) is 10.6. The van der Waals surface area contributed by atoms with Gasteiger partial charge >= 0.3 is 0 Å². The van der Waals surface area contributed by atoms with Gasteiger partial charge in [0.15, 0.2) is 0 Å². The Hall–Kier alpha value is -0.120. The molecule has 0 aliphatic carbocycles. The van der Waals surface area contributed by atoms with Gasteiger partial charge in [-0.05, 0) is 39.8 Å². The molecule has 0 saturated heterocycles. The molecule has 3 nitrogen and oxygen atoms in total. The molecule has 0 heterocycles. The van der Waals surface area contributed by atoms with E-state index in [0.717, 1.165) is 32.7 Å². The van der Waals surface area contributed by atoms with Gasteiger partial charge in [0.2, 0.25) is 0 Å². The zero-order valence-electron chi connectivity index (χ0n) is 9.84. The van der Waals surface area contributed by atoms with E-state index in [0.29, 0.717) is 12.7 Å². The molecule has 14 heavy (non-hydrogen) atoms. The summed E-state index contributed by atoms with van der Waals surface area (Å²) in [6, 6.07) is 0. The highest BCUT2D eigenvalue weighted by molar-refractivity contribution is 4.44. The lowest BCUT2D eigenvalue weighted by Crippen LogP contribution is -2.15. The van der Waals surface area contributed by atoms with E-state index in [4.69, 9.17) is 9.47 Å². The predicted molar refractivity (Wildman–Crippen MR) is 59.7 cm³/mol. The fourth-order valence-corrected chi connectivity index (χ4v) is 1.08. The van der Waals surface area contributed by atoms with Crippen molar-refractivity contribution in [3.05, 3.63) is 0 Å². The molecule has 86 valence electrons. The molecule has 3 heteroatoms. The molecule has 0 unspecified atom stereocenters. The molecule has 0 aliphatic heterocycles. The van der Waals surface area contributed by atoms with Crippen LogP contribution in [0.4, 0.5) is 0 Å². The molecule has 0 atom stereocenters. The number of rotatable bonds is 10. The molecular weight excluding hydrogens is 178 g/mol. The predicted octanol–water partition coefficient (Wildman–Crippen LogP) is 1.82. The average molecular weight is 203 g/mol. The van der Waals surface area contributed by atoms with Gasteiger partial charge in [-0.15, -0.1) is 0 Å². The lowest BCUT2D eigenvalue weighted by molar-refractivity contribution is 0.0188. The molecule has 0 aromatic carbocycles. The standard InChI is InChI=1S/C11H25NO2/c1-4-12-7-5-6-8-13-9-10-14-11(2)3/h11-12H,4-10H2,1-3H3. The Morgan fingerprint density at radius 3 is 2.50 bits per heavy atom. The first-order valence-electron chi connectivity index (χ1n) is 5.67. The SMILES string of the molecule is CCNCCCCOCCOC(C)C. The fourth-order valence-electron chi connectivity index (χ4n) is 1.08. The van der Waals surface area contributed by atoms with Gasteiger partial charge < -0.3 is 14.8 Å². The van der Waals surface area contributed by atoms with E-state index in [-0.39, 0.29) is 0 Å². The molecule has 0 aromatic rings. The lowest BCUT2D eigenvalue weighted by atomic mass is 10.3. The van der Waals surface area contributed by atoms with Crippen molar-refractivity contribution in [2.75, 3.05) is 32.9 Å². The van der Waals surface area contributed by atoms with E-state index < -0.39 is 0 Å². The van der Waals surface area contributed by atoms with Gasteiger partial charge in [-0.2, -0.15) is 0 Å². The van der Waals surface area contributed by atoms with E-state index in [2.05, 4.69) is 12.2 Å². The van der Waals surface area contributed by atoms with Crippen LogP contribution in [0.5, 0.6) is 0 Å². The summed E-state index contributed by atoms with van der Waals surface area (Å²) < 4.78 is 10.8. The normalized spacial score (nSPS) is 11.1. The van der Waals surface area contributed by atoms with Gasteiger partial charge in [-0.3, -0.25) is 0 Å². The summed E-state index contributed by atoms with van der Waals surface area (Å²) in [5, 5.41) is 3.29. The van der Waals surface area contributed by atoms with Crippen LogP contribution in [0.15, 0.2) is 0 Å². The number of hydrogen-bond acceptors (Lipinski definition) is 3. The van der Waals surface area contributed by atoms with Crippen LogP contribution < -0.4 is 5.32 Å². The third-order valence-electron chi connectivity index (χ3n) is 1.82. The van der Waals surface area contributed by atoms with Crippen molar-refractivity contribution >= 4 is 0 Å². The van der Waals surface area contributed by atoms with E-state index in [1.807, 2.05) is 13.8 Å². The van der Waals surface area contributed by atoms with Crippen LogP contribution >= 0.6 is 0 Å². The molecule has 0 fully saturated rings. The van der Waals surface area contributed by atoms with Crippen LogP contribution in [0, 0.1) is 0 Å². The Bertz CT molecular complexity index is 107. The maximum absolute atomic E-state index is 5.41. The molecule has 0 aromatic heterocycles. The van der Waals surface area contributed by atoms with Crippen molar-refractivity contribution in [2.45, 2.75) is 39.7 Å². The van der Waals surface area contributed by atoms with Gasteiger partial charge in [-0.1, -0.05) is 6.92 Å². The fraction of sp³-hybridized carbons (Fsp3) is 1.00. The van der Waals surface area contributed by atoms with Gasteiger partial charge in [0.1, 0.15) is 0 Å². The average Bonchev–Trinajstić information content (AvgIpc) is 2.15. The van der Waals surface area contributed by atoms with Gasteiger partial charge in [-0.25, -0.2) is 0 Å². The monoisotopic (exact) mass is 203 g/mol. The summed E-state index contributed by atoms with van der Waals surface area (Å²) in [7, 11) is 0. The third-order valence-corrected chi connectivity index (χ3v) is 1.82. The smallest absolute Gasteiger partial charge is 0.0703 e. The Balaban J connectivity index is 2.85. The first-order chi connectivity index (χ1) is 6.77. The van der Waals surface area contributed by atoms with Crippen LogP contribution in [0.3, 0.4) is 0 Å². The second kappa shape index (κ2) is 11.0. The van der Waals surface area contributed by atoms with Crippen molar-refractivity contribution in [1.29, 1.82) is 0 Å². The Labute approximate surface area is 88.2 Å². The van der Waals surface area contributed by atoms with Crippen molar-refractivity contribution < 1.29 is 9.47 Å². The minimum atomic E-state index is 0.312. The van der Waals surface area contributed by atoms with Crippen LogP contribution in [0.1, 0.15) is 33.6 Å². The summed E-state index contributed by atoms with van der Waals surface area (Å²) in [5.41, 5.74) is 0. The highest BCUT2D eigenvalue weighted by atomic mass is 16.5.